The number of hydrogen-bond acceptors (Lipinski definition) is 3. The predicted molar refractivity (Wildman–Crippen MR) is 69.7 cm³/mol. The summed E-state index contributed by atoms with van der Waals surface area (Å²) in [5.41, 5.74) is 5.46. The zero-order valence-electron chi connectivity index (χ0n) is 10.9. The quantitative estimate of drug-likeness (QED) is 0.732. The van der Waals surface area contributed by atoms with E-state index < -0.39 is 0 Å². The second-order valence-electron chi connectivity index (χ2n) is 5.41. The number of aromatic nitrogens is 2. The molecule has 5 nitrogen and oxygen atoms in total. The van der Waals surface area contributed by atoms with Gasteiger partial charge in [0.25, 0.3) is 0 Å². The van der Waals surface area contributed by atoms with Gasteiger partial charge in [-0.05, 0) is 25.2 Å². The maximum atomic E-state index is 12.1. The average Bonchev–Trinajstić information content (AvgIpc) is 2.83. The molecule has 18 heavy (non-hydrogen) atoms. The number of carbonyl (C=O) groups excluding carboxylic acids is 1. The molecule has 1 fully saturated rings. The fourth-order valence-electron chi connectivity index (χ4n) is 2.79. The minimum Gasteiger partial charge on any atom is -0.356 e. The minimum absolute atomic E-state index is 0.133. The first kappa shape index (κ1) is 13.1. The zero-order valence-corrected chi connectivity index (χ0v) is 10.9. The molecule has 0 radical (unpaired) electrons. The van der Waals surface area contributed by atoms with Gasteiger partial charge in [-0.2, -0.15) is 0 Å². The smallest absolute Gasteiger partial charge is 0.227 e. The van der Waals surface area contributed by atoms with Crippen molar-refractivity contribution in [3.8, 4) is 0 Å². The van der Waals surface area contributed by atoms with Gasteiger partial charge in [-0.3, -0.25) is 4.79 Å². The highest BCUT2D eigenvalue weighted by Crippen LogP contribution is 2.44. The van der Waals surface area contributed by atoms with Crippen molar-refractivity contribution in [3.05, 3.63) is 18.7 Å². The summed E-state index contributed by atoms with van der Waals surface area (Å²) in [5.74, 6) is 0.763. The summed E-state index contributed by atoms with van der Waals surface area (Å²) in [6, 6.07) is 0. The lowest BCUT2D eigenvalue weighted by Gasteiger charge is -2.44. The molecular weight excluding hydrogens is 228 g/mol. The van der Waals surface area contributed by atoms with E-state index in [2.05, 4.69) is 17.2 Å². The van der Waals surface area contributed by atoms with Crippen LogP contribution >= 0.6 is 0 Å². The Kier molecular flexibility index (Phi) is 4.01. The number of amides is 1. The molecule has 0 aliphatic heterocycles. The summed E-state index contributed by atoms with van der Waals surface area (Å²) < 4.78 is 2.01. The Morgan fingerprint density at radius 1 is 1.61 bits per heavy atom. The van der Waals surface area contributed by atoms with Crippen molar-refractivity contribution in [2.75, 3.05) is 13.1 Å². The van der Waals surface area contributed by atoms with Crippen LogP contribution in [-0.2, 0) is 11.3 Å². The van der Waals surface area contributed by atoms with Crippen LogP contribution in [0, 0.1) is 11.3 Å². The van der Waals surface area contributed by atoms with Crippen molar-refractivity contribution in [1.82, 2.24) is 14.9 Å². The molecule has 3 N–H and O–H groups in total. The largest absolute Gasteiger partial charge is 0.356 e. The highest BCUT2D eigenvalue weighted by Gasteiger charge is 2.46. The number of carbonyl (C=O) groups is 1. The summed E-state index contributed by atoms with van der Waals surface area (Å²) in [7, 11) is 0. The SMILES string of the molecule is CC1CC(CN)(C(=O)NCCCn2ccnc2)C1. The predicted octanol–water partition coefficient (Wildman–Crippen LogP) is 0.764. The second kappa shape index (κ2) is 5.52. The van der Waals surface area contributed by atoms with Gasteiger partial charge in [-0.15, -0.1) is 0 Å². The number of nitrogens with one attached hydrogen (secondary N) is 1. The summed E-state index contributed by atoms with van der Waals surface area (Å²) in [4.78, 5) is 16.1. The van der Waals surface area contributed by atoms with Gasteiger partial charge in [0.2, 0.25) is 5.91 Å². The van der Waals surface area contributed by atoms with Gasteiger partial charge in [-0.25, -0.2) is 4.98 Å². The van der Waals surface area contributed by atoms with Gasteiger partial charge in [0.15, 0.2) is 0 Å². The lowest BCUT2D eigenvalue weighted by atomic mass is 9.62. The van der Waals surface area contributed by atoms with Gasteiger partial charge in [-0.1, -0.05) is 6.92 Å². The third kappa shape index (κ3) is 2.72. The molecular formula is C13H22N4O. The number of nitrogens with two attached hydrogens (primary N) is 1. The Morgan fingerprint density at radius 3 is 2.94 bits per heavy atom. The van der Waals surface area contributed by atoms with Crippen LogP contribution in [0.2, 0.25) is 0 Å². The molecule has 100 valence electrons. The van der Waals surface area contributed by atoms with Crippen molar-refractivity contribution >= 4 is 5.91 Å². The molecule has 5 heteroatoms. The summed E-state index contributed by atoms with van der Waals surface area (Å²) in [6.45, 7) is 4.21. The third-order valence-corrected chi connectivity index (χ3v) is 3.79. The van der Waals surface area contributed by atoms with Gasteiger partial charge in [0.1, 0.15) is 0 Å². The summed E-state index contributed by atoms with van der Waals surface area (Å²) >= 11 is 0. The van der Waals surface area contributed by atoms with Crippen LogP contribution in [-0.4, -0.2) is 28.5 Å². The average molecular weight is 250 g/mol. The molecule has 0 aromatic carbocycles. The molecule has 1 aliphatic carbocycles. The van der Waals surface area contributed by atoms with E-state index in [1.54, 1.807) is 12.5 Å². The van der Waals surface area contributed by atoms with Gasteiger partial charge >= 0.3 is 0 Å². The van der Waals surface area contributed by atoms with E-state index in [9.17, 15) is 4.79 Å². The summed E-state index contributed by atoms with van der Waals surface area (Å²) in [6.07, 6.45) is 8.25. The van der Waals surface area contributed by atoms with Crippen LogP contribution in [0.5, 0.6) is 0 Å². The van der Waals surface area contributed by atoms with E-state index in [4.69, 9.17) is 5.73 Å². The molecule has 0 spiro atoms. The third-order valence-electron chi connectivity index (χ3n) is 3.79. The Morgan fingerprint density at radius 2 is 2.39 bits per heavy atom. The maximum absolute atomic E-state index is 12.1. The minimum atomic E-state index is -0.283. The summed E-state index contributed by atoms with van der Waals surface area (Å²) in [5, 5.41) is 3.01. The molecule has 1 aliphatic rings. The Hall–Kier alpha value is -1.36. The number of rotatable bonds is 6. The monoisotopic (exact) mass is 250 g/mol. The molecule has 1 amide bonds. The van der Waals surface area contributed by atoms with Crippen molar-refractivity contribution < 1.29 is 4.79 Å². The van der Waals surface area contributed by atoms with Gasteiger partial charge in [0, 0.05) is 32.0 Å². The number of nitrogens with zero attached hydrogens (tertiary/aromatic N) is 2. The van der Waals surface area contributed by atoms with Gasteiger partial charge < -0.3 is 15.6 Å². The van der Waals surface area contributed by atoms with Crippen molar-refractivity contribution in [2.24, 2.45) is 17.1 Å². The number of imidazole rings is 1. The van der Waals surface area contributed by atoms with E-state index in [-0.39, 0.29) is 11.3 Å². The van der Waals surface area contributed by atoms with Crippen LogP contribution in [0.1, 0.15) is 26.2 Å². The molecule has 1 aromatic rings. The fourth-order valence-corrected chi connectivity index (χ4v) is 2.79. The molecule has 2 rings (SSSR count). The van der Waals surface area contributed by atoms with Crippen LogP contribution < -0.4 is 11.1 Å². The lowest BCUT2D eigenvalue weighted by Crippen LogP contribution is -2.53. The van der Waals surface area contributed by atoms with Crippen molar-refractivity contribution in [2.45, 2.75) is 32.7 Å². The Balaban J connectivity index is 1.68. The van der Waals surface area contributed by atoms with E-state index in [0.717, 1.165) is 25.8 Å². The molecule has 0 saturated heterocycles. The molecule has 0 bridgehead atoms. The van der Waals surface area contributed by atoms with Crippen LogP contribution in [0.4, 0.5) is 0 Å². The van der Waals surface area contributed by atoms with E-state index in [0.29, 0.717) is 19.0 Å². The van der Waals surface area contributed by atoms with Crippen LogP contribution in [0.3, 0.4) is 0 Å². The lowest BCUT2D eigenvalue weighted by molar-refractivity contribution is -0.138. The topological polar surface area (TPSA) is 72.9 Å². The van der Waals surface area contributed by atoms with Crippen molar-refractivity contribution in [3.63, 3.8) is 0 Å². The van der Waals surface area contributed by atoms with Crippen molar-refractivity contribution in [1.29, 1.82) is 0 Å². The molecule has 1 aromatic heterocycles. The molecule has 0 unspecified atom stereocenters. The highest BCUT2D eigenvalue weighted by molar-refractivity contribution is 5.83. The second-order valence-corrected chi connectivity index (χ2v) is 5.41. The van der Waals surface area contributed by atoms with E-state index in [1.165, 1.54) is 0 Å². The highest BCUT2D eigenvalue weighted by atomic mass is 16.2. The zero-order chi connectivity index (χ0) is 13.0. The van der Waals surface area contributed by atoms with Crippen LogP contribution in [0.15, 0.2) is 18.7 Å². The molecule has 1 heterocycles. The van der Waals surface area contributed by atoms with E-state index >= 15 is 0 Å². The van der Waals surface area contributed by atoms with Gasteiger partial charge in [0.05, 0.1) is 11.7 Å². The number of aryl methyl sites for hydroxylation is 1. The Bertz CT molecular complexity index is 382. The standard InChI is InChI=1S/C13H22N4O/c1-11-7-13(8-11,9-14)12(18)16-3-2-5-17-6-4-15-10-17/h4,6,10-11H,2-3,5,7-9,14H2,1H3,(H,16,18). The fraction of sp³-hybridized carbons (Fsp3) is 0.692. The maximum Gasteiger partial charge on any atom is 0.227 e. The molecule has 1 saturated carbocycles. The Labute approximate surface area is 108 Å². The van der Waals surface area contributed by atoms with Crippen LogP contribution in [0.25, 0.3) is 0 Å². The first-order valence-electron chi connectivity index (χ1n) is 6.60. The normalized spacial score (nSPS) is 26.7. The van der Waals surface area contributed by atoms with E-state index in [1.807, 2.05) is 10.8 Å². The molecule has 0 atom stereocenters. The first-order valence-corrected chi connectivity index (χ1v) is 6.60. The number of hydrogen-bond donors (Lipinski definition) is 2. The first-order chi connectivity index (χ1) is 8.66.